The molecule has 0 atom stereocenters. The zero-order valence-corrected chi connectivity index (χ0v) is 6.11. The molecule has 1 aliphatic rings. The zero-order valence-electron chi connectivity index (χ0n) is 5.29. The number of carboxylic acids is 1. The van der Waals surface area contributed by atoms with Crippen LogP contribution in [-0.2, 0) is 9.59 Å². The van der Waals surface area contributed by atoms with E-state index in [9.17, 15) is 9.59 Å². The van der Waals surface area contributed by atoms with Crippen molar-refractivity contribution in [2.45, 2.75) is 12.8 Å². The molecule has 0 amide bonds. The summed E-state index contributed by atoms with van der Waals surface area (Å²) in [5, 5.41) is 8.77. The Balaban J connectivity index is 2.48. The molecule has 1 saturated heterocycles. The van der Waals surface area contributed by atoms with Gasteiger partial charge in [-0.1, -0.05) is 0 Å². The van der Waals surface area contributed by atoms with Crippen molar-refractivity contribution in [3.8, 4) is 0 Å². The van der Waals surface area contributed by atoms with E-state index in [1.165, 1.54) is 11.8 Å². The van der Waals surface area contributed by atoms with Gasteiger partial charge >= 0.3 is 5.97 Å². The molecule has 1 aliphatic heterocycles. The highest BCUT2D eigenvalue weighted by Gasteiger charge is 2.29. The molecule has 55 valence electrons. The van der Waals surface area contributed by atoms with Crippen LogP contribution in [0.4, 0.5) is 0 Å². The molecular weight excluding hydrogens is 152 g/mol. The Bertz CT molecular complexity index is 160. The summed E-state index contributed by atoms with van der Waals surface area (Å²) in [5.41, 5.74) is 0. The number of aliphatic carboxylic acids is 1. The molecule has 0 aromatic heterocycles. The first kappa shape index (κ1) is 7.60. The number of carboxylic acid groups (broad SMARTS) is 1. The third-order valence-electron chi connectivity index (χ3n) is 1.27. The Morgan fingerprint density at radius 1 is 1.50 bits per heavy atom. The van der Waals surface area contributed by atoms with Crippen LogP contribution in [0.15, 0.2) is 0 Å². The standard InChI is InChI=1S/C6H7O3S/c7-5(6(8)9)4-2-1-3-10-4/h1-3H2,(H,8,9). The van der Waals surface area contributed by atoms with Gasteiger partial charge in [0.05, 0.1) is 0 Å². The molecule has 1 radical (unpaired) electrons. The van der Waals surface area contributed by atoms with Crippen molar-refractivity contribution < 1.29 is 14.7 Å². The summed E-state index contributed by atoms with van der Waals surface area (Å²) in [4.78, 5) is 20.8. The van der Waals surface area contributed by atoms with Crippen molar-refractivity contribution in [2.24, 2.45) is 0 Å². The fourth-order valence-corrected chi connectivity index (χ4v) is 1.84. The lowest BCUT2D eigenvalue weighted by Gasteiger charge is -1.98. The molecule has 1 heterocycles. The zero-order chi connectivity index (χ0) is 7.56. The van der Waals surface area contributed by atoms with Crippen LogP contribution in [0.1, 0.15) is 12.8 Å². The number of carbonyl (C=O) groups is 2. The monoisotopic (exact) mass is 159 g/mol. The number of thioether (sulfide) groups is 1. The lowest BCUT2D eigenvalue weighted by molar-refractivity contribution is -0.147. The van der Waals surface area contributed by atoms with Crippen molar-refractivity contribution in [1.29, 1.82) is 0 Å². The number of Topliss-reactive ketones (excluding diaryl/α,β-unsaturated/α-hetero) is 1. The second-order valence-electron chi connectivity index (χ2n) is 2.01. The second-order valence-corrected chi connectivity index (χ2v) is 3.20. The van der Waals surface area contributed by atoms with E-state index in [1.807, 2.05) is 0 Å². The highest BCUT2D eigenvalue weighted by molar-refractivity contribution is 8.03. The molecule has 4 heteroatoms. The van der Waals surface area contributed by atoms with E-state index in [1.54, 1.807) is 0 Å². The fraction of sp³-hybridized carbons (Fsp3) is 0.500. The molecule has 1 rings (SSSR count). The van der Waals surface area contributed by atoms with Crippen LogP contribution >= 0.6 is 11.8 Å². The third kappa shape index (κ3) is 1.50. The Morgan fingerprint density at radius 2 is 2.20 bits per heavy atom. The van der Waals surface area contributed by atoms with Gasteiger partial charge in [-0.3, -0.25) is 4.79 Å². The van der Waals surface area contributed by atoms with E-state index < -0.39 is 11.8 Å². The average Bonchev–Trinajstić information content (AvgIpc) is 2.36. The SMILES string of the molecule is O=C(O)C(=O)[C]1CCCS1. The first-order valence-corrected chi connectivity index (χ1v) is 3.96. The molecule has 0 saturated carbocycles. The van der Waals surface area contributed by atoms with Crippen molar-refractivity contribution in [1.82, 2.24) is 0 Å². The van der Waals surface area contributed by atoms with Gasteiger partial charge in [0.1, 0.15) is 5.25 Å². The summed E-state index contributed by atoms with van der Waals surface area (Å²) >= 11 is 1.37. The quantitative estimate of drug-likeness (QED) is 0.602. The predicted molar refractivity (Wildman–Crippen MR) is 37.6 cm³/mol. The Kier molecular flexibility index (Phi) is 2.32. The first-order valence-electron chi connectivity index (χ1n) is 2.98. The van der Waals surface area contributed by atoms with Gasteiger partial charge in [0.2, 0.25) is 0 Å². The summed E-state index contributed by atoms with van der Waals surface area (Å²) < 4.78 is 0. The normalized spacial score (nSPS) is 19.2. The van der Waals surface area contributed by atoms with E-state index in [0.29, 0.717) is 11.7 Å². The van der Waals surface area contributed by atoms with Crippen LogP contribution < -0.4 is 0 Å². The Morgan fingerprint density at radius 3 is 2.60 bits per heavy atom. The molecule has 0 spiro atoms. The largest absolute Gasteiger partial charge is 0.475 e. The molecule has 1 N–H and O–H groups in total. The number of hydrogen-bond donors (Lipinski definition) is 1. The number of ketones is 1. The van der Waals surface area contributed by atoms with Gasteiger partial charge in [-0.15, -0.1) is 11.8 Å². The van der Waals surface area contributed by atoms with Crippen LogP contribution in [0.5, 0.6) is 0 Å². The lowest BCUT2D eigenvalue weighted by Crippen LogP contribution is -2.17. The van der Waals surface area contributed by atoms with Gasteiger partial charge in [-0.05, 0) is 18.6 Å². The maximum atomic E-state index is 10.7. The Labute approximate surface area is 62.8 Å². The molecule has 0 bridgehead atoms. The third-order valence-corrected chi connectivity index (χ3v) is 2.50. The van der Waals surface area contributed by atoms with Gasteiger partial charge in [-0.2, -0.15) is 0 Å². The van der Waals surface area contributed by atoms with Crippen LogP contribution in [0.3, 0.4) is 0 Å². The average molecular weight is 159 g/mol. The van der Waals surface area contributed by atoms with Crippen molar-refractivity contribution in [3.05, 3.63) is 5.25 Å². The topological polar surface area (TPSA) is 54.4 Å². The van der Waals surface area contributed by atoms with E-state index >= 15 is 0 Å². The van der Waals surface area contributed by atoms with Crippen molar-refractivity contribution >= 4 is 23.5 Å². The molecule has 0 aliphatic carbocycles. The maximum absolute atomic E-state index is 10.7. The van der Waals surface area contributed by atoms with Gasteiger partial charge in [0, 0.05) is 0 Å². The van der Waals surface area contributed by atoms with E-state index in [-0.39, 0.29) is 0 Å². The summed E-state index contributed by atoms with van der Waals surface area (Å²) in [6.45, 7) is 0. The molecule has 1 fully saturated rings. The van der Waals surface area contributed by atoms with Crippen LogP contribution in [0, 0.1) is 5.25 Å². The maximum Gasteiger partial charge on any atom is 0.373 e. The van der Waals surface area contributed by atoms with Gasteiger partial charge < -0.3 is 5.11 Å². The highest BCUT2D eigenvalue weighted by Crippen LogP contribution is 2.33. The lowest BCUT2D eigenvalue weighted by atomic mass is 10.2. The highest BCUT2D eigenvalue weighted by atomic mass is 32.2. The van der Waals surface area contributed by atoms with Crippen LogP contribution in [0.2, 0.25) is 0 Å². The summed E-state index contributed by atoms with van der Waals surface area (Å²) in [7, 11) is 0. The Hall–Kier alpha value is -0.510. The number of rotatable bonds is 2. The van der Waals surface area contributed by atoms with Gasteiger partial charge in [0.25, 0.3) is 5.78 Å². The van der Waals surface area contributed by atoms with Gasteiger partial charge in [0.15, 0.2) is 0 Å². The number of carbonyl (C=O) groups excluding carboxylic acids is 1. The predicted octanol–water partition coefficient (Wildman–Crippen LogP) is 0.699. The molecule has 0 aromatic rings. The van der Waals surface area contributed by atoms with Gasteiger partial charge in [-0.25, -0.2) is 4.79 Å². The van der Waals surface area contributed by atoms with E-state index in [4.69, 9.17) is 5.11 Å². The van der Waals surface area contributed by atoms with Crippen LogP contribution in [-0.4, -0.2) is 22.6 Å². The molecular formula is C6H7O3S. The van der Waals surface area contributed by atoms with Crippen LogP contribution in [0.25, 0.3) is 0 Å². The summed E-state index contributed by atoms with van der Waals surface area (Å²) in [6, 6.07) is 0. The minimum absolute atomic E-state index is 0.507. The van der Waals surface area contributed by atoms with Crippen molar-refractivity contribution in [3.63, 3.8) is 0 Å². The summed E-state index contributed by atoms with van der Waals surface area (Å²) in [5.74, 6) is -1.17. The molecule has 0 aromatic carbocycles. The fourth-order valence-electron chi connectivity index (χ4n) is 0.799. The molecule has 10 heavy (non-hydrogen) atoms. The summed E-state index contributed by atoms with van der Waals surface area (Å²) in [6.07, 6.45) is 1.58. The van der Waals surface area contributed by atoms with E-state index in [0.717, 1.165) is 12.2 Å². The first-order chi connectivity index (χ1) is 4.72. The second kappa shape index (κ2) is 3.05. The molecule has 3 nitrogen and oxygen atoms in total. The van der Waals surface area contributed by atoms with E-state index in [2.05, 4.69) is 0 Å². The minimum atomic E-state index is -1.33. The van der Waals surface area contributed by atoms with Crippen molar-refractivity contribution in [2.75, 3.05) is 5.75 Å². The molecule has 0 unspecified atom stereocenters. The smallest absolute Gasteiger partial charge is 0.373 e. The number of hydrogen-bond acceptors (Lipinski definition) is 3. The minimum Gasteiger partial charge on any atom is -0.475 e.